The van der Waals surface area contributed by atoms with Gasteiger partial charge in [0.2, 0.25) is 0 Å². The van der Waals surface area contributed by atoms with Gasteiger partial charge in [-0.05, 0) is 49.6 Å². The highest BCUT2D eigenvalue weighted by Gasteiger charge is 2.16. The minimum atomic E-state index is 0.365. The smallest absolute Gasteiger partial charge is 0.119 e. The van der Waals surface area contributed by atoms with Crippen LogP contribution in [0.15, 0.2) is 18.2 Å². The molecule has 0 spiro atoms. The van der Waals surface area contributed by atoms with Crippen LogP contribution in [0.3, 0.4) is 0 Å². The van der Waals surface area contributed by atoms with Crippen molar-refractivity contribution in [2.24, 2.45) is 0 Å². The Balaban J connectivity index is 2.11. The lowest BCUT2D eigenvalue weighted by molar-refractivity contribution is 0.410. The molecule has 3 nitrogen and oxygen atoms in total. The van der Waals surface area contributed by atoms with Gasteiger partial charge in [0.25, 0.3) is 0 Å². The van der Waals surface area contributed by atoms with Crippen LogP contribution in [0.1, 0.15) is 18.4 Å². The van der Waals surface area contributed by atoms with E-state index in [1.165, 1.54) is 12.8 Å². The highest BCUT2D eigenvalue weighted by Crippen LogP contribution is 2.25. The van der Waals surface area contributed by atoms with Crippen molar-refractivity contribution in [3.8, 4) is 11.5 Å². The maximum atomic E-state index is 9.71. The molecule has 0 bridgehead atoms. The molecule has 82 valence electrons. The molecule has 1 atom stereocenters. The number of benzene rings is 1. The zero-order valence-electron chi connectivity index (χ0n) is 8.99. The first-order chi connectivity index (χ1) is 7.29. The van der Waals surface area contributed by atoms with Crippen molar-refractivity contribution < 1.29 is 9.84 Å². The largest absolute Gasteiger partial charge is 0.508 e. The maximum absolute atomic E-state index is 9.71. The summed E-state index contributed by atoms with van der Waals surface area (Å²) < 4.78 is 5.14. The molecule has 0 amide bonds. The van der Waals surface area contributed by atoms with E-state index in [-0.39, 0.29) is 0 Å². The van der Waals surface area contributed by atoms with Crippen molar-refractivity contribution in [1.29, 1.82) is 0 Å². The lowest BCUT2D eigenvalue weighted by Gasteiger charge is -2.12. The molecule has 15 heavy (non-hydrogen) atoms. The predicted octanol–water partition coefficient (Wildman–Crippen LogP) is 1.70. The van der Waals surface area contributed by atoms with E-state index in [1.54, 1.807) is 19.2 Å². The molecule has 1 heterocycles. The standard InChI is InChI=1S/C12H17NO2/c1-15-11-4-5-12(14)9(8-11)7-10-3-2-6-13-10/h4-5,8,10,13-14H,2-3,6-7H2,1H3. The third-order valence-corrected chi connectivity index (χ3v) is 2.92. The van der Waals surface area contributed by atoms with Crippen LogP contribution in [0, 0.1) is 0 Å². The molecule has 1 aromatic rings. The Labute approximate surface area is 90.1 Å². The van der Waals surface area contributed by atoms with Gasteiger partial charge < -0.3 is 15.2 Å². The second-order valence-electron chi connectivity index (χ2n) is 3.99. The van der Waals surface area contributed by atoms with Crippen LogP contribution in [0.2, 0.25) is 0 Å². The fourth-order valence-corrected chi connectivity index (χ4v) is 2.05. The minimum Gasteiger partial charge on any atom is -0.508 e. The highest BCUT2D eigenvalue weighted by atomic mass is 16.5. The normalized spacial score (nSPS) is 20.5. The lowest BCUT2D eigenvalue weighted by atomic mass is 10.0. The number of hydrogen-bond donors (Lipinski definition) is 2. The Hall–Kier alpha value is -1.22. The summed E-state index contributed by atoms with van der Waals surface area (Å²) in [5.74, 6) is 1.17. The molecular weight excluding hydrogens is 190 g/mol. The molecule has 0 radical (unpaired) electrons. The number of ether oxygens (including phenoxy) is 1. The van der Waals surface area contributed by atoms with Gasteiger partial charge in [-0.15, -0.1) is 0 Å². The van der Waals surface area contributed by atoms with Crippen LogP contribution in [0.4, 0.5) is 0 Å². The summed E-state index contributed by atoms with van der Waals surface area (Å²) in [5, 5.41) is 13.1. The monoisotopic (exact) mass is 207 g/mol. The van der Waals surface area contributed by atoms with E-state index in [0.29, 0.717) is 11.8 Å². The third-order valence-electron chi connectivity index (χ3n) is 2.92. The van der Waals surface area contributed by atoms with E-state index in [0.717, 1.165) is 24.3 Å². The van der Waals surface area contributed by atoms with Gasteiger partial charge in [-0.25, -0.2) is 0 Å². The van der Waals surface area contributed by atoms with E-state index < -0.39 is 0 Å². The van der Waals surface area contributed by atoms with Gasteiger partial charge in [-0.3, -0.25) is 0 Å². The minimum absolute atomic E-state index is 0.365. The molecule has 1 saturated heterocycles. The summed E-state index contributed by atoms with van der Waals surface area (Å²) in [6.07, 6.45) is 3.30. The molecule has 1 fully saturated rings. The van der Waals surface area contributed by atoms with Crippen molar-refractivity contribution in [3.63, 3.8) is 0 Å². The molecule has 1 aromatic carbocycles. The van der Waals surface area contributed by atoms with E-state index in [2.05, 4.69) is 5.32 Å². The summed E-state index contributed by atoms with van der Waals surface area (Å²) in [6, 6.07) is 5.89. The van der Waals surface area contributed by atoms with Crippen molar-refractivity contribution in [3.05, 3.63) is 23.8 Å². The second-order valence-corrected chi connectivity index (χ2v) is 3.99. The summed E-state index contributed by atoms with van der Waals surface area (Å²) in [7, 11) is 1.64. The van der Waals surface area contributed by atoms with E-state index >= 15 is 0 Å². The molecule has 2 N–H and O–H groups in total. The fourth-order valence-electron chi connectivity index (χ4n) is 2.05. The average Bonchev–Trinajstić information content (AvgIpc) is 2.74. The molecule has 1 aliphatic heterocycles. The summed E-state index contributed by atoms with van der Waals surface area (Å²) in [6.45, 7) is 1.09. The lowest BCUT2D eigenvalue weighted by Crippen LogP contribution is -2.23. The first kappa shape index (κ1) is 10.3. The molecule has 3 heteroatoms. The van der Waals surface area contributed by atoms with Crippen LogP contribution in [-0.4, -0.2) is 24.8 Å². The predicted molar refractivity (Wildman–Crippen MR) is 59.4 cm³/mol. The Morgan fingerprint density at radius 2 is 2.40 bits per heavy atom. The molecule has 0 saturated carbocycles. The SMILES string of the molecule is COc1ccc(O)c(CC2CCCN2)c1. The number of methoxy groups -OCH3 is 1. The summed E-state index contributed by atoms with van der Waals surface area (Å²) >= 11 is 0. The van der Waals surface area contributed by atoms with Crippen LogP contribution >= 0.6 is 0 Å². The summed E-state index contributed by atoms with van der Waals surface area (Å²) in [4.78, 5) is 0. The second kappa shape index (κ2) is 4.53. The van der Waals surface area contributed by atoms with Crippen LogP contribution in [-0.2, 0) is 6.42 Å². The molecule has 0 aliphatic carbocycles. The molecule has 0 aromatic heterocycles. The Morgan fingerprint density at radius 3 is 3.07 bits per heavy atom. The van der Waals surface area contributed by atoms with Crippen LogP contribution < -0.4 is 10.1 Å². The van der Waals surface area contributed by atoms with Crippen molar-refractivity contribution >= 4 is 0 Å². The van der Waals surface area contributed by atoms with Gasteiger partial charge in [0.1, 0.15) is 11.5 Å². The van der Waals surface area contributed by atoms with Crippen molar-refractivity contribution in [2.45, 2.75) is 25.3 Å². The van der Waals surface area contributed by atoms with Crippen LogP contribution in [0.5, 0.6) is 11.5 Å². The van der Waals surface area contributed by atoms with Crippen molar-refractivity contribution in [1.82, 2.24) is 5.32 Å². The number of nitrogens with one attached hydrogen (secondary N) is 1. The van der Waals surface area contributed by atoms with Gasteiger partial charge in [0, 0.05) is 6.04 Å². The number of aromatic hydroxyl groups is 1. The zero-order chi connectivity index (χ0) is 10.7. The first-order valence-electron chi connectivity index (χ1n) is 5.39. The first-order valence-corrected chi connectivity index (χ1v) is 5.39. The Bertz CT molecular complexity index is 332. The molecule has 2 rings (SSSR count). The average molecular weight is 207 g/mol. The highest BCUT2D eigenvalue weighted by molar-refractivity contribution is 5.39. The molecule has 1 unspecified atom stereocenters. The van der Waals surface area contributed by atoms with E-state index in [9.17, 15) is 5.11 Å². The topological polar surface area (TPSA) is 41.5 Å². The fraction of sp³-hybridized carbons (Fsp3) is 0.500. The molecule has 1 aliphatic rings. The maximum Gasteiger partial charge on any atom is 0.119 e. The number of hydrogen-bond acceptors (Lipinski definition) is 3. The zero-order valence-corrected chi connectivity index (χ0v) is 8.99. The number of phenolic OH excluding ortho intramolecular Hbond substituents is 1. The van der Waals surface area contributed by atoms with Gasteiger partial charge >= 0.3 is 0 Å². The number of phenols is 1. The van der Waals surface area contributed by atoms with Gasteiger partial charge in [-0.1, -0.05) is 0 Å². The van der Waals surface area contributed by atoms with Crippen molar-refractivity contribution in [2.75, 3.05) is 13.7 Å². The molecular formula is C12H17NO2. The number of rotatable bonds is 3. The van der Waals surface area contributed by atoms with Gasteiger partial charge in [0.05, 0.1) is 7.11 Å². The Kier molecular flexibility index (Phi) is 3.11. The summed E-state index contributed by atoms with van der Waals surface area (Å²) in [5.41, 5.74) is 0.966. The van der Waals surface area contributed by atoms with Gasteiger partial charge in [0.15, 0.2) is 0 Å². The third kappa shape index (κ3) is 2.42. The van der Waals surface area contributed by atoms with Crippen LogP contribution in [0.25, 0.3) is 0 Å². The Morgan fingerprint density at radius 1 is 1.53 bits per heavy atom. The quantitative estimate of drug-likeness (QED) is 0.792. The van der Waals surface area contributed by atoms with Gasteiger partial charge in [-0.2, -0.15) is 0 Å². The van der Waals surface area contributed by atoms with E-state index in [4.69, 9.17) is 4.74 Å². The van der Waals surface area contributed by atoms with E-state index in [1.807, 2.05) is 6.07 Å².